The van der Waals surface area contributed by atoms with Crippen molar-refractivity contribution in [3.05, 3.63) is 81.6 Å². The molecule has 5 nitrogen and oxygen atoms in total. The predicted molar refractivity (Wildman–Crippen MR) is 103 cm³/mol. The van der Waals surface area contributed by atoms with Crippen LogP contribution in [0.3, 0.4) is 0 Å². The van der Waals surface area contributed by atoms with Gasteiger partial charge in [0.2, 0.25) is 0 Å². The Balaban J connectivity index is 1.57. The first-order valence-corrected chi connectivity index (χ1v) is 9.56. The van der Waals surface area contributed by atoms with E-state index < -0.39 is 5.72 Å². The fourth-order valence-electron chi connectivity index (χ4n) is 4.63. The number of hydrogen-bond donors (Lipinski definition) is 1. The van der Waals surface area contributed by atoms with Crippen LogP contribution >= 0.6 is 0 Å². The molecule has 1 saturated heterocycles. The molecule has 2 aromatic carbocycles. The molecular formula is C22H23N2O3-. The molecule has 1 N–H and O–H groups in total. The van der Waals surface area contributed by atoms with Crippen LogP contribution in [0.4, 0.5) is 0 Å². The second-order valence-corrected chi connectivity index (χ2v) is 7.83. The van der Waals surface area contributed by atoms with Crippen molar-refractivity contribution in [3.8, 4) is 0 Å². The summed E-state index contributed by atoms with van der Waals surface area (Å²) in [5.41, 5.74) is 7.49. The molecule has 1 spiro atoms. The van der Waals surface area contributed by atoms with Crippen molar-refractivity contribution < 1.29 is 9.68 Å². The van der Waals surface area contributed by atoms with Gasteiger partial charge in [-0.15, -0.1) is 0 Å². The van der Waals surface area contributed by atoms with Crippen LogP contribution in [0.5, 0.6) is 0 Å². The number of hydrogen-bond acceptors (Lipinski definition) is 5. The van der Waals surface area contributed by atoms with Crippen LogP contribution < -0.4 is 5.48 Å². The first kappa shape index (κ1) is 17.0. The Morgan fingerprint density at radius 2 is 1.70 bits per heavy atom. The van der Waals surface area contributed by atoms with E-state index in [1.165, 1.54) is 11.1 Å². The van der Waals surface area contributed by atoms with Crippen LogP contribution in [-0.4, -0.2) is 11.0 Å². The summed E-state index contributed by atoms with van der Waals surface area (Å²) in [7, 11) is 0. The third-order valence-corrected chi connectivity index (χ3v) is 6.09. The van der Waals surface area contributed by atoms with Crippen molar-refractivity contribution in [2.75, 3.05) is 0 Å². The lowest BCUT2D eigenvalue weighted by molar-refractivity contribution is -0.227. The number of rotatable bonds is 2. The van der Waals surface area contributed by atoms with Crippen LogP contribution in [0.2, 0.25) is 0 Å². The van der Waals surface area contributed by atoms with Gasteiger partial charge in [-0.2, -0.15) is 10.7 Å². The molecule has 0 bridgehead atoms. The lowest BCUT2D eigenvalue weighted by atomic mass is 9.73. The Hall–Kier alpha value is -2.18. The van der Waals surface area contributed by atoms with Crippen LogP contribution in [0.15, 0.2) is 54.1 Å². The molecule has 0 aromatic heterocycles. The summed E-state index contributed by atoms with van der Waals surface area (Å²) in [5.74, 6) is 0.658. The molecule has 2 aromatic rings. The minimum absolute atomic E-state index is 0.00408. The molecule has 1 saturated carbocycles. The Bertz CT molecular complexity index is 891. The zero-order valence-corrected chi connectivity index (χ0v) is 15.6. The van der Waals surface area contributed by atoms with Crippen molar-refractivity contribution in [2.24, 2.45) is 5.92 Å². The van der Waals surface area contributed by atoms with Crippen LogP contribution in [0.1, 0.15) is 47.6 Å². The van der Waals surface area contributed by atoms with Gasteiger partial charge in [-0.25, -0.2) is 0 Å². The largest absolute Gasteiger partial charge is 0.750 e. The number of nitrogens with zero attached hydrogens (tertiary/aromatic N) is 1. The van der Waals surface area contributed by atoms with Crippen LogP contribution in [0, 0.1) is 25.0 Å². The molecule has 3 unspecified atom stereocenters. The Labute approximate surface area is 159 Å². The van der Waals surface area contributed by atoms with E-state index in [-0.39, 0.29) is 12.0 Å². The second kappa shape index (κ2) is 6.17. The lowest BCUT2D eigenvalue weighted by Crippen LogP contribution is -2.50. The molecule has 5 rings (SSSR count). The third-order valence-electron chi connectivity index (χ3n) is 6.09. The van der Waals surface area contributed by atoms with Gasteiger partial charge in [0.05, 0.1) is 6.04 Å². The van der Waals surface area contributed by atoms with E-state index in [1.807, 2.05) is 31.2 Å². The van der Waals surface area contributed by atoms with Gasteiger partial charge in [-0.05, 0) is 38.7 Å². The van der Waals surface area contributed by atoms with E-state index in [0.717, 1.165) is 36.0 Å². The average Bonchev–Trinajstić information content (AvgIpc) is 3.21. The topological polar surface area (TPSA) is 56.8 Å². The molecule has 0 amide bonds. The van der Waals surface area contributed by atoms with E-state index in [1.54, 1.807) is 0 Å². The molecule has 1 aliphatic carbocycles. The summed E-state index contributed by atoms with van der Waals surface area (Å²) >= 11 is 0. The number of benzene rings is 2. The minimum atomic E-state index is -1.08. The average molecular weight is 363 g/mol. The third kappa shape index (κ3) is 2.47. The summed E-state index contributed by atoms with van der Waals surface area (Å²) in [6.07, 6.45) is 2.74. The van der Waals surface area contributed by atoms with Gasteiger partial charge in [0, 0.05) is 17.1 Å². The zero-order valence-electron chi connectivity index (χ0n) is 15.6. The molecule has 3 aliphatic rings. The van der Waals surface area contributed by atoms with E-state index in [0.29, 0.717) is 11.0 Å². The summed E-state index contributed by atoms with van der Waals surface area (Å²) in [6.45, 7) is 4.12. The lowest BCUT2D eigenvalue weighted by Gasteiger charge is -2.43. The van der Waals surface area contributed by atoms with Crippen molar-refractivity contribution in [3.63, 3.8) is 0 Å². The van der Waals surface area contributed by atoms with Gasteiger partial charge in [-0.3, -0.25) is 4.84 Å². The summed E-state index contributed by atoms with van der Waals surface area (Å²) < 4.78 is 0. The highest BCUT2D eigenvalue weighted by Gasteiger charge is 2.60. The van der Waals surface area contributed by atoms with E-state index in [2.05, 4.69) is 36.7 Å². The molecule has 0 radical (unpaired) electrons. The van der Waals surface area contributed by atoms with Gasteiger partial charge in [0.1, 0.15) is 0 Å². The van der Waals surface area contributed by atoms with Gasteiger partial charge in [0.15, 0.2) is 11.5 Å². The normalized spacial score (nSPS) is 30.2. The minimum Gasteiger partial charge on any atom is -0.750 e. The quantitative estimate of drug-likeness (QED) is 0.849. The zero-order chi connectivity index (χ0) is 18.6. The number of aryl methyl sites for hydroxylation is 2. The Morgan fingerprint density at radius 1 is 1.04 bits per heavy atom. The maximum atomic E-state index is 13.0. The molecule has 2 fully saturated rings. The van der Waals surface area contributed by atoms with Crippen molar-refractivity contribution in [1.29, 1.82) is 0 Å². The maximum Gasteiger partial charge on any atom is 0.192 e. The van der Waals surface area contributed by atoms with Crippen molar-refractivity contribution in [1.82, 2.24) is 10.7 Å². The molecule has 2 aliphatic heterocycles. The fourth-order valence-corrected chi connectivity index (χ4v) is 4.63. The highest BCUT2D eigenvalue weighted by atomic mass is 16.9. The highest BCUT2D eigenvalue weighted by molar-refractivity contribution is 5.67. The smallest absolute Gasteiger partial charge is 0.192 e. The van der Waals surface area contributed by atoms with E-state index in [4.69, 9.17) is 9.68 Å². The number of hydroxylamine groups is 3. The SMILES string of the molecule is Cc1ccc(C2=C3CCCC4C(c5ccc(C)cc5)NOC34N([O-])O2)cc1. The molecule has 5 heteroatoms. The molecule has 3 atom stereocenters. The van der Waals surface area contributed by atoms with Gasteiger partial charge >= 0.3 is 0 Å². The summed E-state index contributed by atoms with van der Waals surface area (Å²) in [6, 6.07) is 16.5. The van der Waals surface area contributed by atoms with Gasteiger partial charge in [0.25, 0.3) is 0 Å². The standard InChI is InChI=1S/C22H23N2O3/c1-14-6-10-16(11-7-14)20-18-4-3-5-19-21(17-12-8-15(2)9-13-17)26-24(25)22(18,19)27-23-20/h6-13,18,20,23H,3-5H2,1-2H3/q-1. The Kier molecular flexibility index (Phi) is 3.88. The van der Waals surface area contributed by atoms with Crippen LogP contribution in [-0.2, 0) is 9.68 Å². The molecular weight excluding hydrogens is 340 g/mol. The maximum absolute atomic E-state index is 13.0. The first-order chi connectivity index (χ1) is 13.1. The predicted octanol–water partition coefficient (Wildman–Crippen LogP) is 4.53. The number of nitrogens with one attached hydrogen (secondary N) is 1. The Morgan fingerprint density at radius 3 is 2.41 bits per heavy atom. The fraction of sp³-hybridized carbons (Fsp3) is 0.364. The van der Waals surface area contributed by atoms with E-state index in [9.17, 15) is 5.21 Å². The van der Waals surface area contributed by atoms with Crippen LogP contribution in [0.25, 0.3) is 5.76 Å². The van der Waals surface area contributed by atoms with Crippen molar-refractivity contribution >= 4 is 5.76 Å². The molecule has 140 valence electrons. The first-order valence-electron chi connectivity index (χ1n) is 9.56. The summed E-state index contributed by atoms with van der Waals surface area (Å²) in [5, 5.41) is 13.7. The molecule has 27 heavy (non-hydrogen) atoms. The monoisotopic (exact) mass is 363 g/mol. The summed E-state index contributed by atoms with van der Waals surface area (Å²) in [4.78, 5) is 11.8. The van der Waals surface area contributed by atoms with Gasteiger partial charge in [-0.1, -0.05) is 59.7 Å². The van der Waals surface area contributed by atoms with Crippen molar-refractivity contribution in [2.45, 2.75) is 44.9 Å². The second-order valence-electron chi connectivity index (χ2n) is 7.83. The highest BCUT2D eigenvalue weighted by Crippen LogP contribution is 2.57. The molecule has 2 heterocycles. The van der Waals surface area contributed by atoms with Gasteiger partial charge < -0.3 is 10.0 Å². The van der Waals surface area contributed by atoms with E-state index >= 15 is 0 Å².